The molecule has 1 aliphatic rings. The molecule has 0 N–H and O–H groups in total. The van der Waals surface area contributed by atoms with Crippen LogP contribution >= 0.6 is 0 Å². The molecular formula is C24H27N3O4S. The highest BCUT2D eigenvalue weighted by molar-refractivity contribution is 7.89. The molecule has 3 aromatic rings. The zero-order chi connectivity index (χ0) is 22.7. The molecule has 0 radical (unpaired) electrons. The van der Waals surface area contributed by atoms with Gasteiger partial charge in [-0.25, -0.2) is 8.42 Å². The number of piperazine rings is 1. The zero-order valence-electron chi connectivity index (χ0n) is 18.3. The van der Waals surface area contributed by atoms with Crippen LogP contribution in [-0.2, 0) is 14.8 Å². The van der Waals surface area contributed by atoms with Gasteiger partial charge in [0.05, 0.1) is 0 Å². The van der Waals surface area contributed by atoms with Crippen LogP contribution in [0.2, 0.25) is 0 Å². The van der Waals surface area contributed by atoms with E-state index in [1.165, 1.54) is 4.31 Å². The summed E-state index contributed by atoms with van der Waals surface area (Å²) in [4.78, 5) is 15.1. The van der Waals surface area contributed by atoms with Gasteiger partial charge in [0.25, 0.3) is 0 Å². The van der Waals surface area contributed by atoms with E-state index in [0.717, 1.165) is 11.1 Å². The van der Waals surface area contributed by atoms with E-state index in [-0.39, 0.29) is 35.6 Å². The van der Waals surface area contributed by atoms with E-state index in [4.69, 9.17) is 4.52 Å². The molecule has 7 nitrogen and oxygen atoms in total. The Morgan fingerprint density at radius 3 is 1.94 bits per heavy atom. The summed E-state index contributed by atoms with van der Waals surface area (Å²) in [5.41, 5.74) is 2.54. The summed E-state index contributed by atoms with van der Waals surface area (Å²) in [6.07, 6.45) is 0.338. The van der Waals surface area contributed by atoms with Gasteiger partial charge in [-0.1, -0.05) is 65.8 Å². The van der Waals surface area contributed by atoms with Crippen LogP contribution < -0.4 is 0 Å². The lowest BCUT2D eigenvalue weighted by molar-refractivity contribution is -0.132. The topological polar surface area (TPSA) is 83.7 Å². The second-order valence-corrected chi connectivity index (χ2v) is 9.89. The van der Waals surface area contributed by atoms with Gasteiger partial charge in [-0.05, 0) is 25.0 Å². The van der Waals surface area contributed by atoms with E-state index in [0.29, 0.717) is 25.2 Å². The third-order valence-corrected chi connectivity index (χ3v) is 8.08. The predicted octanol–water partition coefficient (Wildman–Crippen LogP) is 3.35. The van der Waals surface area contributed by atoms with Gasteiger partial charge in [0.1, 0.15) is 10.6 Å². The van der Waals surface area contributed by atoms with Crippen molar-refractivity contribution >= 4 is 15.9 Å². The monoisotopic (exact) mass is 453 g/mol. The van der Waals surface area contributed by atoms with Crippen molar-refractivity contribution in [1.82, 2.24) is 14.4 Å². The molecule has 0 spiro atoms. The molecule has 0 atom stereocenters. The lowest BCUT2D eigenvalue weighted by atomic mass is 9.88. The molecule has 1 fully saturated rings. The Morgan fingerprint density at radius 2 is 1.47 bits per heavy atom. The van der Waals surface area contributed by atoms with Gasteiger partial charge in [-0.15, -0.1) is 0 Å². The normalized spacial score (nSPS) is 15.3. The van der Waals surface area contributed by atoms with Crippen molar-refractivity contribution in [3.05, 3.63) is 83.2 Å². The average molecular weight is 454 g/mol. The van der Waals surface area contributed by atoms with Crippen molar-refractivity contribution in [3.63, 3.8) is 0 Å². The minimum Gasteiger partial charge on any atom is -0.360 e. The van der Waals surface area contributed by atoms with Crippen LogP contribution in [0.3, 0.4) is 0 Å². The summed E-state index contributed by atoms with van der Waals surface area (Å²) in [7, 11) is -3.70. The minimum atomic E-state index is -3.70. The fraction of sp³-hybridized carbons (Fsp3) is 0.333. The molecule has 2 aromatic carbocycles. The van der Waals surface area contributed by atoms with Crippen LogP contribution in [0.15, 0.2) is 70.1 Å². The first kappa shape index (κ1) is 22.2. The number of amides is 1. The lowest BCUT2D eigenvalue weighted by Crippen LogP contribution is -2.50. The largest absolute Gasteiger partial charge is 0.360 e. The standard InChI is InChI=1S/C24H27N3O4S/c1-18-24(19(2)31-25-18)32(29,30)27-15-13-26(14-16-27)23(28)17-22(20-9-5-3-6-10-20)21-11-7-4-8-12-21/h3-12,22H,13-17H2,1-2H3. The number of aryl methyl sites for hydroxylation is 2. The Hall–Kier alpha value is -2.97. The Kier molecular flexibility index (Phi) is 6.43. The van der Waals surface area contributed by atoms with Crippen molar-refractivity contribution in [3.8, 4) is 0 Å². The van der Waals surface area contributed by atoms with Gasteiger partial charge < -0.3 is 9.42 Å². The summed E-state index contributed by atoms with van der Waals surface area (Å²) in [5, 5.41) is 3.77. The highest BCUT2D eigenvalue weighted by atomic mass is 32.2. The smallest absolute Gasteiger partial charge is 0.248 e. The van der Waals surface area contributed by atoms with E-state index in [1.54, 1.807) is 18.7 Å². The fourth-order valence-corrected chi connectivity index (χ4v) is 5.97. The fourth-order valence-electron chi connectivity index (χ4n) is 4.25. The number of carbonyl (C=O) groups excluding carboxylic acids is 1. The third kappa shape index (κ3) is 4.47. The van der Waals surface area contributed by atoms with E-state index < -0.39 is 10.0 Å². The first-order chi connectivity index (χ1) is 15.4. The second kappa shape index (κ2) is 9.26. The first-order valence-electron chi connectivity index (χ1n) is 10.7. The molecule has 0 aliphatic carbocycles. The van der Waals surface area contributed by atoms with Gasteiger partial charge >= 0.3 is 0 Å². The van der Waals surface area contributed by atoms with E-state index in [1.807, 2.05) is 60.7 Å². The molecule has 0 bridgehead atoms. The number of nitrogens with zero attached hydrogens (tertiary/aromatic N) is 3. The Bertz CT molecular complexity index is 1110. The average Bonchev–Trinajstić information content (AvgIpc) is 3.17. The summed E-state index contributed by atoms with van der Waals surface area (Å²) in [5.74, 6) is 0.264. The van der Waals surface area contributed by atoms with E-state index in [2.05, 4.69) is 5.16 Å². The molecule has 32 heavy (non-hydrogen) atoms. The molecule has 4 rings (SSSR count). The van der Waals surface area contributed by atoms with Crippen molar-refractivity contribution in [2.75, 3.05) is 26.2 Å². The number of rotatable bonds is 6. The van der Waals surface area contributed by atoms with Crippen LogP contribution in [0, 0.1) is 13.8 Å². The zero-order valence-corrected chi connectivity index (χ0v) is 19.1. The van der Waals surface area contributed by atoms with Crippen LogP contribution in [0.25, 0.3) is 0 Å². The van der Waals surface area contributed by atoms with Crippen molar-refractivity contribution in [2.45, 2.75) is 31.1 Å². The molecular weight excluding hydrogens is 426 g/mol. The summed E-state index contributed by atoms with van der Waals surface area (Å²) in [6, 6.07) is 20.0. The molecule has 1 aliphatic heterocycles. The van der Waals surface area contributed by atoms with Crippen molar-refractivity contribution in [1.29, 1.82) is 0 Å². The van der Waals surface area contributed by atoms with Crippen molar-refractivity contribution in [2.24, 2.45) is 0 Å². The maximum atomic E-state index is 13.2. The number of sulfonamides is 1. The van der Waals surface area contributed by atoms with Crippen LogP contribution in [0.4, 0.5) is 0 Å². The van der Waals surface area contributed by atoms with Crippen molar-refractivity contribution < 1.29 is 17.7 Å². The first-order valence-corrected chi connectivity index (χ1v) is 12.1. The SMILES string of the molecule is Cc1noc(C)c1S(=O)(=O)N1CCN(C(=O)CC(c2ccccc2)c2ccccc2)CC1. The highest BCUT2D eigenvalue weighted by Gasteiger charge is 2.34. The van der Waals surface area contributed by atoms with Gasteiger partial charge in [0, 0.05) is 38.5 Å². The Morgan fingerprint density at radius 1 is 0.938 bits per heavy atom. The van der Waals surface area contributed by atoms with Gasteiger partial charge in [0.2, 0.25) is 15.9 Å². The number of hydrogen-bond acceptors (Lipinski definition) is 5. The van der Waals surface area contributed by atoms with Crippen LogP contribution in [0.1, 0.15) is 34.9 Å². The Balaban J connectivity index is 1.46. The molecule has 1 amide bonds. The maximum Gasteiger partial charge on any atom is 0.248 e. The molecule has 1 saturated heterocycles. The molecule has 0 saturated carbocycles. The number of benzene rings is 2. The summed E-state index contributed by atoms with van der Waals surface area (Å²) < 4.78 is 32.5. The maximum absolute atomic E-state index is 13.2. The van der Waals surface area contributed by atoms with Gasteiger partial charge in [-0.3, -0.25) is 4.79 Å². The molecule has 0 unspecified atom stereocenters. The lowest BCUT2D eigenvalue weighted by Gasteiger charge is -2.34. The minimum absolute atomic E-state index is 0.0251. The highest BCUT2D eigenvalue weighted by Crippen LogP contribution is 2.29. The van der Waals surface area contributed by atoms with Crippen LogP contribution in [0.5, 0.6) is 0 Å². The van der Waals surface area contributed by atoms with Gasteiger partial charge in [0.15, 0.2) is 5.76 Å². The third-order valence-electron chi connectivity index (χ3n) is 5.94. The number of carbonyl (C=O) groups is 1. The number of aromatic nitrogens is 1. The van der Waals surface area contributed by atoms with E-state index >= 15 is 0 Å². The van der Waals surface area contributed by atoms with Gasteiger partial charge in [-0.2, -0.15) is 4.31 Å². The second-order valence-electron chi connectivity index (χ2n) is 8.02. The predicted molar refractivity (Wildman–Crippen MR) is 121 cm³/mol. The number of hydrogen-bond donors (Lipinski definition) is 0. The molecule has 1 aromatic heterocycles. The summed E-state index contributed by atoms with van der Waals surface area (Å²) >= 11 is 0. The quantitative estimate of drug-likeness (QED) is 0.572. The van der Waals surface area contributed by atoms with Crippen LogP contribution in [-0.4, -0.2) is 54.9 Å². The Labute approximate surface area is 188 Å². The summed E-state index contributed by atoms with van der Waals surface area (Å²) in [6.45, 7) is 4.44. The molecule has 168 valence electrons. The molecule has 8 heteroatoms. The molecule has 2 heterocycles. The van der Waals surface area contributed by atoms with E-state index in [9.17, 15) is 13.2 Å².